The van der Waals surface area contributed by atoms with E-state index in [-0.39, 0.29) is 11.6 Å². The van der Waals surface area contributed by atoms with Gasteiger partial charge in [0.25, 0.3) is 11.6 Å². The molecule has 0 saturated heterocycles. The smallest absolute Gasteiger partial charge is 0.270 e. The Morgan fingerprint density at radius 2 is 2.12 bits per heavy atom. The highest BCUT2D eigenvalue weighted by Gasteiger charge is 2.12. The van der Waals surface area contributed by atoms with E-state index in [1.165, 1.54) is 29.7 Å². The van der Waals surface area contributed by atoms with Gasteiger partial charge in [0.2, 0.25) is 0 Å². The fourth-order valence-electron chi connectivity index (χ4n) is 2.01. The second-order valence-corrected chi connectivity index (χ2v) is 5.85. The number of nitro groups is 1. The van der Waals surface area contributed by atoms with Crippen LogP contribution in [0.15, 0.2) is 48.0 Å². The van der Waals surface area contributed by atoms with Gasteiger partial charge < -0.3 is 0 Å². The zero-order chi connectivity index (χ0) is 17.1. The number of hydrogen-bond acceptors (Lipinski definition) is 6. The van der Waals surface area contributed by atoms with Crippen molar-refractivity contribution in [2.24, 2.45) is 0 Å². The molecule has 1 amide bonds. The summed E-state index contributed by atoms with van der Waals surface area (Å²) in [6.45, 7) is 1.84. The van der Waals surface area contributed by atoms with Crippen molar-refractivity contribution in [1.29, 1.82) is 0 Å². The summed E-state index contributed by atoms with van der Waals surface area (Å²) in [6.07, 6.45) is 1.50. The summed E-state index contributed by atoms with van der Waals surface area (Å²) < 4.78 is 0. The first-order valence-electron chi connectivity index (χ1n) is 6.97. The van der Waals surface area contributed by atoms with E-state index in [0.29, 0.717) is 22.0 Å². The van der Waals surface area contributed by atoms with Crippen molar-refractivity contribution >= 4 is 28.1 Å². The third kappa shape index (κ3) is 3.44. The minimum atomic E-state index is -0.455. The lowest BCUT2D eigenvalue weighted by molar-refractivity contribution is -0.384. The lowest BCUT2D eigenvalue weighted by Crippen LogP contribution is -2.12. The molecule has 24 heavy (non-hydrogen) atoms. The topological polar surface area (TPSA) is 98.0 Å². The number of non-ortho nitro benzene ring substituents is 1. The van der Waals surface area contributed by atoms with Crippen LogP contribution in [-0.2, 0) is 0 Å². The molecular weight excluding hydrogens is 328 g/mol. The van der Waals surface area contributed by atoms with Gasteiger partial charge in [-0.2, -0.15) is 0 Å². The normalized spacial score (nSPS) is 10.4. The lowest BCUT2D eigenvalue weighted by Gasteiger charge is -2.01. The first-order chi connectivity index (χ1) is 11.5. The molecule has 0 bridgehead atoms. The first-order valence-corrected chi connectivity index (χ1v) is 7.85. The predicted octanol–water partition coefficient (Wildman–Crippen LogP) is 3.67. The molecule has 1 N–H and O–H groups in total. The number of carbonyl (C=O) groups is 1. The molecule has 2 aromatic heterocycles. The standard InChI is InChI=1S/C16H12N4O3S/c1-10-5-6-12(8-17-10)15(21)19-16-18-14(9-24-16)11-3-2-4-13(7-11)20(22)23/h2-9H,1H3,(H,18,19,21). The Hall–Kier alpha value is -3.13. The van der Waals surface area contributed by atoms with Gasteiger partial charge in [0.05, 0.1) is 16.2 Å². The van der Waals surface area contributed by atoms with Crippen LogP contribution in [0.3, 0.4) is 0 Å². The molecule has 0 fully saturated rings. The number of carbonyl (C=O) groups excluding carboxylic acids is 1. The Labute approximate surface area is 141 Å². The summed E-state index contributed by atoms with van der Waals surface area (Å²) >= 11 is 1.25. The number of anilines is 1. The van der Waals surface area contributed by atoms with Crippen LogP contribution in [0.4, 0.5) is 10.8 Å². The molecule has 0 atom stereocenters. The zero-order valence-corrected chi connectivity index (χ0v) is 13.4. The number of aryl methyl sites for hydroxylation is 1. The first kappa shape index (κ1) is 15.8. The minimum Gasteiger partial charge on any atom is -0.298 e. The van der Waals surface area contributed by atoms with Crippen LogP contribution in [0.2, 0.25) is 0 Å². The van der Waals surface area contributed by atoms with Crippen molar-refractivity contribution in [3.05, 3.63) is 69.3 Å². The lowest BCUT2D eigenvalue weighted by atomic mass is 10.1. The van der Waals surface area contributed by atoms with Gasteiger partial charge >= 0.3 is 0 Å². The molecule has 7 nitrogen and oxygen atoms in total. The average molecular weight is 340 g/mol. The van der Waals surface area contributed by atoms with Gasteiger partial charge in [-0.15, -0.1) is 11.3 Å². The third-order valence-corrected chi connectivity index (χ3v) is 4.01. The summed E-state index contributed by atoms with van der Waals surface area (Å²) in [6, 6.07) is 9.64. The van der Waals surface area contributed by atoms with Gasteiger partial charge in [0, 0.05) is 35.0 Å². The highest BCUT2D eigenvalue weighted by molar-refractivity contribution is 7.14. The zero-order valence-electron chi connectivity index (χ0n) is 12.6. The monoisotopic (exact) mass is 340 g/mol. The molecule has 3 aromatic rings. The van der Waals surface area contributed by atoms with E-state index in [1.807, 2.05) is 6.92 Å². The largest absolute Gasteiger partial charge is 0.298 e. The van der Waals surface area contributed by atoms with Gasteiger partial charge in [0.1, 0.15) is 0 Å². The molecule has 0 aliphatic carbocycles. The molecule has 8 heteroatoms. The maximum Gasteiger partial charge on any atom is 0.270 e. The van der Waals surface area contributed by atoms with E-state index in [2.05, 4.69) is 15.3 Å². The maximum atomic E-state index is 12.1. The van der Waals surface area contributed by atoms with Crippen molar-refractivity contribution < 1.29 is 9.72 Å². The van der Waals surface area contributed by atoms with Crippen LogP contribution in [0.5, 0.6) is 0 Å². The molecule has 0 radical (unpaired) electrons. The molecule has 120 valence electrons. The third-order valence-electron chi connectivity index (χ3n) is 3.25. The SMILES string of the molecule is Cc1ccc(C(=O)Nc2nc(-c3cccc([N+](=O)[O-])c3)cs2)cn1. The van der Waals surface area contributed by atoms with Gasteiger partial charge in [-0.3, -0.25) is 25.2 Å². The molecule has 1 aromatic carbocycles. The molecule has 0 unspecified atom stereocenters. The highest BCUT2D eigenvalue weighted by Crippen LogP contribution is 2.27. The van der Waals surface area contributed by atoms with Crippen LogP contribution in [0.25, 0.3) is 11.3 Å². The number of nitrogens with zero attached hydrogens (tertiary/aromatic N) is 3. The number of pyridine rings is 1. The van der Waals surface area contributed by atoms with Crippen LogP contribution >= 0.6 is 11.3 Å². The molecule has 0 spiro atoms. The van der Waals surface area contributed by atoms with Gasteiger partial charge in [0.15, 0.2) is 5.13 Å². The van der Waals surface area contributed by atoms with Gasteiger partial charge in [-0.05, 0) is 19.1 Å². The number of nitro benzene ring substituents is 1. The second kappa shape index (κ2) is 6.55. The summed E-state index contributed by atoms with van der Waals surface area (Å²) in [5.74, 6) is -0.303. The molecular formula is C16H12N4O3S. The van der Waals surface area contributed by atoms with Crippen LogP contribution in [-0.4, -0.2) is 20.8 Å². The van der Waals surface area contributed by atoms with Crippen molar-refractivity contribution in [2.75, 3.05) is 5.32 Å². The van der Waals surface area contributed by atoms with Crippen molar-refractivity contribution in [1.82, 2.24) is 9.97 Å². The highest BCUT2D eigenvalue weighted by atomic mass is 32.1. The summed E-state index contributed by atoms with van der Waals surface area (Å²) in [4.78, 5) is 30.9. The van der Waals surface area contributed by atoms with E-state index in [9.17, 15) is 14.9 Å². The summed E-state index contributed by atoms with van der Waals surface area (Å²) in [5, 5.41) is 15.7. The van der Waals surface area contributed by atoms with Crippen LogP contribution < -0.4 is 5.32 Å². The molecule has 3 rings (SSSR count). The summed E-state index contributed by atoms with van der Waals surface area (Å²) in [7, 11) is 0. The van der Waals surface area contributed by atoms with Gasteiger partial charge in [-0.1, -0.05) is 12.1 Å². The van der Waals surface area contributed by atoms with E-state index >= 15 is 0 Å². The Balaban J connectivity index is 1.78. The second-order valence-electron chi connectivity index (χ2n) is 4.99. The van der Waals surface area contributed by atoms with Crippen molar-refractivity contribution in [3.8, 4) is 11.3 Å². The minimum absolute atomic E-state index is 0.00295. The molecule has 0 aliphatic rings. The Morgan fingerprint density at radius 1 is 1.29 bits per heavy atom. The number of amides is 1. The number of thiazole rings is 1. The Kier molecular flexibility index (Phi) is 4.30. The predicted molar refractivity (Wildman–Crippen MR) is 91.1 cm³/mol. The molecule has 0 aliphatic heterocycles. The van der Waals surface area contributed by atoms with Gasteiger partial charge in [-0.25, -0.2) is 4.98 Å². The fourth-order valence-corrected chi connectivity index (χ4v) is 2.73. The van der Waals surface area contributed by atoms with E-state index in [4.69, 9.17) is 0 Å². The van der Waals surface area contributed by atoms with Crippen LogP contribution in [0, 0.1) is 17.0 Å². The quantitative estimate of drug-likeness (QED) is 0.577. The maximum absolute atomic E-state index is 12.1. The molecule has 2 heterocycles. The van der Waals surface area contributed by atoms with E-state index in [1.54, 1.807) is 29.6 Å². The molecule has 0 saturated carbocycles. The Morgan fingerprint density at radius 3 is 2.83 bits per heavy atom. The van der Waals surface area contributed by atoms with Crippen LogP contribution in [0.1, 0.15) is 16.1 Å². The number of benzene rings is 1. The average Bonchev–Trinajstić information content (AvgIpc) is 3.04. The van der Waals surface area contributed by atoms with E-state index < -0.39 is 4.92 Å². The fraction of sp³-hybridized carbons (Fsp3) is 0.0625. The Bertz CT molecular complexity index is 906. The van der Waals surface area contributed by atoms with Crippen molar-refractivity contribution in [3.63, 3.8) is 0 Å². The number of nitrogens with one attached hydrogen (secondary N) is 1. The van der Waals surface area contributed by atoms with E-state index in [0.717, 1.165) is 5.69 Å². The number of rotatable bonds is 4. The number of hydrogen-bond donors (Lipinski definition) is 1. The number of aromatic nitrogens is 2. The summed E-state index contributed by atoms with van der Waals surface area (Å²) in [5.41, 5.74) is 2.46. The van der Waals surface area contributed by atoms with Crippen molar-refractivity contribution in [2.45, 2.75) is 6.92 Å².